The van der Waals surface area contributed by atoms with E-state index in [2.05, 4.69) is 65.3 Å². The van der Waals surface area contributed by atoms with E-state index in [0.29, 0.717) is 24.6 Å². The van der Waals surface area contributed by atoms with Crippen molar-refractivity contribution in [2.75, 3.05) is 12.4 Å². The summed E-state index contributed by atoms with van der Waals surface area (Å²) in [6, 6.07) is 14.2. The summed E-state index contributed by atoms with van der Waals surface area (Å²) < 4.78 is 10.9. The molecule has 190 valence electrons. The number of aromatic nitrogens is 10. The molecule has 0 amide bonds. The Morgan fingerprint density at radius 3 is 2.47 bits per heavy atom. The van der Waals surface area contributed by atoms with Gasteiger partial charge in [0.15, 0.2) is 5.65 Å². The van der Waals surface area contributed by atoms with Gasteiger partial charge in [-0.1, -0.05) is 24.3 Å². The average Bonchev–Trinajstić information content (AvgIpc) is 3.70. The number of anilines is 1. The van der Waals surface area contributed by atoms with E-state index in [4.69, 9.17) is 4.74 Å². The van der Waals surface area contributed by atoms with Crippen molar-refractivity contribution in [2.24, 2.45) is 0 Å². The lowest BCUT2D eigenvalue weighted by Crippen LogP contribution is -2.07. The van der Waals surface area contributed by atoms with Crippen LogP contribution in [-0.4, -0.2) is 56.8 Å². The van der Waals surface area contributed by atoms with Crippen molar-refractivity contribution in [3.8, 4) is 11.4 Å². The summed E-state index contributed by atoms with van der Waals surface area (Å²) in [5.74, 6) is 1.43. The molecule has 0 saturated carbocycles. The molecule has 0 fully saturated rings. The molecule has 6 rings (SSSR count). The van der Waals surface area contributed by atoms with Crippen LogP contribution in [0.1, 0.15) is 22.3 Å². The van der Waals surface area contributed by atoms with Crippen LogP contribution in [0.4, 0.5) is 5.82 Å². The summed E-state index contributed by atoms with van der Waals surface area (Å²) >= 11 is 0. The second-order valence-corrected chi connectivity index (χ2v) is 8.92. The van der Waals surface area contributed by atoms with E-state index in [9.17, 15) is 0 Å². The first-order chi connectivity index (χ1) is 18.6. The fourth-order valence-corrected chi connectivity index (χ4v) is 4.29. The van der Waals surface area contributed by atoms with Crippen LogP contribution in [0, 0.1) is 6.92 Å². The van der Waals surface area contributed by atoms with Crippen LogP contribution in [0.15, 0.2) is 73.7 Å². The van der Waals surface area contributed by atoms with Crippen LogP contribution in [0.25, 0.3) is 16.7 Å². The number of methoxy groups -OCH3 is 1. The van der Waals surface area contributed by atoms with Crippen LogP contribution < -0.4 is 10.1 Å². The fourth-order valence-electron chi connectivity index (χ4n) is 4.29. The molecular weight excluding hydrogens is 482 g/mol. The first-order valence-corrected chi connectivity index (χ1v) is 12.0. The van der Waals surface area contributed by atoms with Gasteiger partial charge in [0.05, 0.1) is 37.5 Å². The van der Waals surface area contributed by atoms with Crippen molar-refractivity contribution in [3.05, 3.63) is 96.0 Å². The maximum absolute atomic E-state index is 5.42. The Morgan fingerprint density at radius 2 is 1.76 bits per heavy atom. The van der Waals surface area contributed by atoms with Gasteiger partial charge in [-0.3, -0.25) is 9.36 Å². The molecule has 0 aliphatic heterocycles. The number of aryl methyl sites for hydroxylation is 1. The van der Waals surface area contributed by atoms with Crippen LogP contribution >= 0.6 is 0 Å². The molecule has 6 aromatic rings. The third kappa shape index (κ3) is 4.91. The standard InChI is InChI=1S/C26H25N11O/c1-18-10-31-35(12-18)13-19-3-5-20(6-4-19)14-36-15-23-25(28-16-29-26(23)32-36)27-11-21-9-22(38-2)7-8-24(21)37-17-30-33-34-37/h3-10,12,15-17H,11,13-14H2,1-2H3,(H,27,28,29,32). The molecule has 12 heteroatoms. The second-order valence-electron chi connectivity index (χ2n) is 8.92. The summed E-state index contributed by atoms with van der Waals surface area (Å²) in [5.41, 5.74) is 5.90. The number of hydrogen-bond donors (Lipinski definition) is 1. The molecule has 0 radical (unpaired) electrons. The summed E-state index contributed by atoms with van der Waals surface area (Å²) in [4.78, 5) is 8.83. The zero-order valence-corrected chi connectivity index (χ0v) is 20.9. The van der Waals surface area contributed by atoms with E-state index in [1.54, 1.807) is 18.1 Å². The van der Waals surface area contributed by atoms with Gasteiger partial charge in [0.1, 0.15) is 24.2 Å². The number of rotatable bonds is 9. The molecule has 0 spiro atoms. The zero-order chi connectivity index (χ0) is 25.9. The minimum absolute atomic E-state index is 0.473. The van der Waals surface area contributed by atoms with Gasteiger partial charge in [0.2, 0.25) is 0 Å². The van der Waals surface area contributed by atoms with Crippen LogP contribution in [-0.2, 0) is 19.6 Å². The molecule has 0 saturated heterocycles. The Kier molecular flexibility index (Phi) is 6.18. The number of fused-ring (bicyclic) bond motifs is 1. The lowest BCUT2D eigenvalue weighted by Gasteiger charge is -2.12. The predicted molar refractivity (Wildman–Crippen MR) is 140 cm³/mol. The van der Waals surface area contributed by atoms with Gasteiger partial charge >= 0.3 is 0 Å². The van der Waals surface area contributed by atoms with Crippen molar-refractivity contribution < 1.29 is 4.74 Å². The summed E-state index contributed by atoms with van der Waals surface area (Å²) in [7, 11) is 1.64. The van der Waals surface area contributed by atoms with E-state index in [0.717, 1.165) is 40.1 Å². The highest BCUT2D eigenvalue weighted by Crippen LogP contribution is 2.24. The van der Waals surface area contributed by atoms with Crippen LogP contribution in [0.3, 0.4) is 0 Å². The molecule has 38 heavy (non-hydrogen) atoms. The maximum atomic E-state index is 5.42. The largest absolute Gasteiger partial charge is 0.497 e. The van der Waals surface area contributed by atoms with Crippen molar-refractivity contribution in [1.29, 1.82) is 0 Å². The number of nitrogens with one attached hydrogen (secondary N) is 1. The van der Waals surface area contributed by atoms with Gasteiger partial charge in [0.25, 0.3) is 0 Å². The number of nitrogens with zero attached hydrogens (tertiary/aromatic N) is 10. The highest BCUT2D eigenvalue weighted by atomic mass is 16.5. The van der Waals surface area contributed by atoms with E-state index in [1.165, 1.54) is 11.9 Å². The molecule has 0 aliphatic carbocycles. The molecule has 0 atom stereocenters. The predicted octanol–water partition coefficient (Wildman–Crippen LogP) is 3.02. The van der Waals surface area contributed by atoms with Crippen molar-refractivity contribution in [1.82, 2.24) is 49.7 Å². The van der Waals surface area contributed by atoms with Gasteiger partial charge < -0.3 is 10.1 Å². The molecule has 12 nitrogen and oxygen atoms in total. The normalized spacial score (nSPS) is 11.2. The van der Waals surface area contributed by atoms with E-state index >= 15 is 0 Å². The highest BCUT2D eigenvalue weighted by molar-refractivity contribution is 5.85. The number of benzene rings is 2. The van der Waals surface area contributed by atoms with Gasteiger partial charge in [-0.15, -0.1) is 5.10 Å². The van der Waals surface area contributed by atoms with Gasteiger partial charge in [-0.25, -0.2) is 14.6 Å². The Balaban J connectivity index is 1.19. The smallest absolute Gasteiger partial charge is 0.186 e. The molecule has 4 heterocycles. The number of ether oxygens (including phenoxy) is 1. The molecule has 0 unspecified atom stereocenters. The average molecular weight is 508 g/mol. The zero-order valence-electron chi connectivity index (χ0n) is 20.9. The monoisotopic (exact) mass is 507 g/mol. The van der Waals surface area contributed by atoms with E-state index in [1.807, 2.05) is 53.1 Å². The fraction of sp³-hybridized carbons (Fsp3) is 0.192. The van der Waals surface area contributed by atoms with Gasteiger partial charge in [-0.05, 0) is 52.2 Å². The van der Waals surface area contributed by atoms with Crippen molar-refractivity contribution in [2.45, 2.75) is 26.6 Å². The quantitative estimate of drug-likeness (QED) is 0.314. The summed E-state index contributed by atoms with van der Waals surface area (Å²) in [6.45, 7) is 3.88. The second kappa shape index (κ2) is 10.1. The molecule has 0 bridgehead atoms. The molecule has 2 aromatic carbocycles. The Labute approximate surface area is 217 Å². The third-order valence-corrected chi connectivity index (χ3v) is 6.17. The van der Waals surface area contributed by atoms with E-state index in [-0.39, 0.29) is 0 Å². The Hall–Kier alpha value is -5.13. The molecular formula is C26H25N11O. The van der Waals surface area contributed by atoms with Crippen LogP contribution in [0.2, 0.25) is 0 Å². The molecule has 4 aromatic heterocycles. The Morgan fingerprint density at radius 1 is 0.947 bits per heavy atom. The number of hydrogen-bond acceptors (Lipinski definition) is 9. The van der Waals surface area contributed by atoms with Gasteiger partial charge in [0, 0.05) is 24.5 Å². The van der Waals surface area contributed by atoms with Crippen molar-refractivity contribution in [3.63, 3.8) is 0 Å². The van der Waals surface area contributed by atoms with E-state index < -0.39 is 0 Å². The topological polar surface area (TPSA) is 126 Å². The first kappa shape index (κ1) is 23.3. The minimum atomic E-state index is 0.473. The summed E-state index contributed by atoms with van der Waals surface area (Å²) in [6.07, 6.45) is 8.94. The van der Waals surface area contributed by atoms with Crippen molar-refractivity contribution >= 4 is 16.9 Å². The molecule has 0 aliphatic rings. The Bertz CT molecular complexity index is 1670. The number of tetrazole rings is 1. The summed E-state index contributed by atoms with van der Waals surface area (Å²) in [5, 5.41) is 24.8. The maximum Gasteiger partial charge on any atom is 0.186 e. The molecule has 1 N–H and O–H groups in total. The minimum Gasteiger partial charge on any atom is -0.497 e. The lowest BCUT2D eigenvalue weighted by atomic mass is 10.1. The van der Waals surface area contributed by atoms with Crippen LogP contribution in [0.5, 0.6) is 5.75 Å². The first-order valence-electron chi connectivity index (χ1n) is 12.0. The highest BCUT2D eigenvalue weighted by Gasteiger charge is 2.12. The van der Waals surface area contributed by atoms with Gasteiger partial charge in [-0.2, -0.15) is 10.2 Å². The third-order valence-electron chi connectivity index (χ3n) is 6.17. The lowest BCUT2D eigenvalue weighted by molar-refractivity contribution is 0.414. The SMILES string of the molecule is COc1ccc(-n2cnnn2)c(CNc2ncnc3nn(Cc4ccc(Cn5cc(C)cn5)cc4)cc23)c1.